The molecule has 1 fully saturated rings. The molecule has 17 heavy (non-hydrogen) atoms. The van der Waals surface area contributed by atoms with Gasteiger partial charge >= 0.3 is 5.97 Å². The Morgan fingerprint density at radius 1 is 1.35 bits per heavy atom. The van der Waals surface area contributed by atoms with Crippen molar-refractivity contribution in [3.63, 3.8) is 0 Å². The first kappa shape index (κ1) is 15.2. The molecule has 0 N–H and O–H groups in total. The molecule has 0 radical (unpaired) electrons. The molecule has 1 atom stereocenters. The summed E-state index contributed by atoms with van der Waals surface area (Å²) in [7, 11) is 10.0. The summed E-state index contributed by atoms with van der Waals surface area (Å²) in [6.07, 6.45) is 5.28. The second-order valence-electron chi connectivity index (χ2n) is 5.51. The van der Waals surface area contributed by atoms with Gasteiger partial charge in [-0.25, -0.2) is 0 Å². The molecule has 1 heterocycles. The van der Waals surface area contributed by atoms with Crippen molar-refractivity contribution in [2.75, 3.05) is 33.6 Å². The molecule has 0 bridgehead atoms. The van der Waals surface area contributed by atoms with Crippen molar-refractivity contribution in [2.45, 2.75) is 37.4 Å². The minimum atomic E-state index is -0.0495. The number of carbonyl (C=O) groups is 1. The molecule has 1 unspecified atom stereocenters. The summed E-state index contributed by atoms with van der Waals surface area (Å²) >= 11 is 0. The summed E-state index contributed by atoms with van der Waals surface area (Å²) in [5.41, 5.74) is 0. The summed E-state index contributed by atoms with van der Waals surface area (Å²) in [6, 6.07) is 0. The highest BCUT2D eigenvalue weighted by molar-refractivity contribution is 8.77. The number of quaternary nitrogens is 1. The monoisotopic (exact) mass is 278 g/mol. The van der Waals surface area contributed by atoms with Gasteiger partial charge in [0.1, 0.15) is 0 Å². The van der Waals surface area contributed by atoms with Crippen LogP contribution in [0.2, 0.25) is 0 Å². The smallest absolute Gasteiger partial charge is 0.310 e. The number of unbranched alkanes of at least 4 members (excludes halogenated alkanes) is 1. The molecule has 0 aromatic carbocycles. The van der Waals surface area contributed by atoms with E-state index in [0.717, 1.165) is 18.1 Å². The van der Waals surface area contributed by atoms with E-state index in [1.165, 1.54) is 18.6 Å². The van der Waals surface area contributed by atoms with Crippen LogP contribution in [0.5, 0.6) is 0 Å². The van der Waals surface area contributed by atoms with Crippen LogP contribution in [-0.2, 0) is 9.53 Å². The SMILES string of the molecule is C[N+](C)(C)COC(=O)CCCCC1CCSS1. The topological polar surface area (TPSA) is 26.3 Å². The van der Waals surface area contributed by atoms with E-state index in [1.54, 1.807) is 0 Å². The minimum absolute atomic E-state index is 0.0495. The van der Waals surface area contributed by atoms with E-state index in [4.69, 9.17) is 4.74 Å². The lowest BCUT2D eigenvalue weighted by molar-refractivity contribution is -0.888. The van der Waals surface area contributed by atoms with Crippen molar-refractivity contribution >= 4 is 27.6 Å². The molecule has 1 rings (SSSR count). The first-order valence-electron chi connectivity index (χ1n) is 6.22. The standard InChI is InChI=1S/C12H24NO2S2/c1-13(2,3)10-15-12(14)7-5-4-6-11-8-9-16-17-11/h11H,4-10H2,1-3H3/q+1. The fourth-order valence-electron chi connectivity index (χ4n) is 1.54. The molecule has 1 aliphatic heterocycles. The zero-order valence-electron chi connectivity index (χ0n) is 11.1. The van der Waals surface area contributed by atoms with Gasteiger partial charge in [-0.05, 0) is 19.3 Å². The third-order valence-corrected chi connectivity index (χ3v) is 5.50. The molecule has 0 aromatic rings. The van der Waals surface area contributed by atoms with Crippen LogP contribution in [0.1, 0.15) is 32.1 Å². The van der Waals surface area contributed by atoms with Gasteiger partial charge in [-0.1, -0.05) is 28.0 Å². The summed E-state index contributed by atoms with van der Waals surface area (Å²) in [6.45, 7) is 0.466. The molecular formula is C12H24NO2S2+. The Morgan fingerprint density at radius 3 is 2.71 bits per heavy atom. The van der Waals surface area contributed by atoms with Crippen LogP contribution in [-0.4, -0.2) is 49.3 Å². The maximum atomic E-state index is 11.4. The fraction of sp³-hybridized carbons (Fsp3) is 0.917. The predicted molar refractivity (Wildman–Crippen MR) is 75.9 cm³/mol. The van der Waals surface area contributed by atoms with E-state index < -0.39 is 0 Å². The number of hydrogen-bond acceptors (Lipinski definition) is 4. The lowest BCUT2D eigenvalue weighted by Crippen LogP contribution is -2.37. The molecule has 100 valence electrons. The van der Waals surface area contributed by atoms with Crippen molar-refractivity contribution in [1.82, 2.24) is 0 Å². The molecule has 0 spiro atoms. The summed E-state index contributed by atoms with van der Waals surface area (Å²) < 4.78 is 5.87. The second kappa shape index (κ2) is 7.54. The van der Waals surface area contributed by atoms with Crippen LogP contribution in [0.3, 0.4) is 0 Å². The van der Waals surface area contributed by atoms with E-state index in [-0.39, 0.29) is 5.97 Å². The average molecular weight is 278 g/mol. The van der Waals surface area contributed by atoms with Crippen LogP contribution in [0.15, 0.2) is 0 Å². The number of carbonyl (C=O) groups excluding carboxylic acids is 1. The van der Waals surface area contributed by atoms with Crippen molar-refractivity contribution in [3.8, 4) is 0 Å². The molecule has 1 aliphatic rings. The van der Waals surface area contributed by atoms with Crippen LogP contribution >= 0.6 is 21.6 Å². The molecule has 0 saturated carbocycles. The lowest BCUT2D eigenvalue weighted by Gasteiger charge is -2.22. The Morgan fingerprint density at radius 2 is 2.12 bits per heavy atom. The Hall–Kier alpha value is 0.130. The van der Waals surface area contributed by atoms with Crippen molar-refractivity contribution in [3.05, 3.63) is 0 Å². The van der Waals surface area contributed by atoms with Gasteiger partial charge < -0.3 is 4.74 Å². The zero-order chi connectivity index (χ0) is 12.7. The molecule has 0 aliphatic carbocycles. The Bertz CT molecular complexity index is 235. The van der Waals surface area contributed by atoms with Gasteiger partial charge in [0, 0.05) is 17.4 Å². The maximum absolute atomic E-state index is 11.4. The van der Waals surface area contributed by atoms with E-state index in [0.29, 0.717) is 17.6 Å². The Balaban J connectivity index is 1.96. The first-order valence-corrected chi connectivity index (χ1v) is 8.60. The van der Waals surface area contributed by atoms with Gasteiger partial charge in [0.05, 0.1) is 21.1 Å². The zero-order valence-corrected chi connectivity index (χ0v) is 12.7. The lowest BCUT2D eigenvalue weighted by atomic mass is 10.1. The van der Waals surface area contributed by atoms with Gasteiger partial charge in [-0.3, -0.25) is 9.28 Å². The third-order valence-electron chi connectivity index (χ3n) is 2.50. The third kappa shape index (κ3) is 7.95. The van der Waals surface area contributed by atoms with Gasteiger partial charge in [-0.15, -0.1) is 0 Å². The van der Waals surface area contributed by atoms with E-state index in [1.807, 2.05) is 42.7 Å². The highest BCUT2D eigenvalue weighted by Gasteiger charge is 2.16. The molecule has 3 nitrogen and oxygen atoms in total. The van der Waals surface area contributed by atoms with Gasteiger partial charge in [-0.2, -0.15) is 0 Å². The highest BCUT2D eigenvalue weighted by atomic mass is 33.1. The first-order chi connectivity index (χ1) is 7.97. The van der Waals surface area contributed by atoms with Crippen molar-refractivity contribution < 1.29 is 14.0 Å². The number of rotatable bonds is 7. The van der Waals surface area contributed by atoms with Crippen LogP contribution in [0, 0.1) is 0 Å². The van der Waals surface area contributed by atoms with E-state index >= 15 is 0 Å². The Labute approximate surface area is 113 Å². The van der Waals surface area contributed by atoms with Gasteiger partial charge in [0.25, 0.3) is 0 Å². The highest BCUT2D eigenvalue weighted by Crippen LogP contribution is 2.39. The molecule has 1 saturated heterocycles. The maximum Gasteiger partial charge on any atom is 0.310 e. The number of hydrogen-bond donors (Lipinski definition) is 0. The fourth-order valence-corrected chi connectivity index (χ4v) is 4.57. The van der Waals surface area contributed by atoms with E-state index in [2.05, 4.69) is 0 Å². The van der Waals surface area contributed by atoms with Crippen LogP contribution < -0.4 is 0 Å². The van der Waals surface area contributed by atoms with E-state index in [9.17, 15) is 4.79 Å². The summed E-state index contributed by atoms with van der Waals surface area (Å²) in [5, 5.41) is 0.822. The average Bonchev–Trinajstić information content (AvgIpc) is 2.73. The second-order valence-corrected chi connectivity index (χ2v) is 8.30. The quantitative estimate of drug-likeness (QED) is 0.235. The normalized spacial score (nSPS) is 20.5. The minimum Gasteiger partial charge on any atom is -0.415 e. The summed E-state index contributed by atoms with van der Waals surface area (Å²) in [4.78, 5) is 11.4. The van der Waals surface area contributed by atoms with Crippen molar-refractivity contribution in [2.24, 2.45) is 0 Å². The van der Waals surface area contributed by atoms with Crippen LogP contribution in [0.25, 0.3) is 0 Å². The van der Waals surface area contributed by atoms with Gasteiger partial charge in [0.15, 0.2) is 0 Å². The van der Waals surface area contributed by atoms with Crippen LogP contribution in [0.4, 0.5) is 0 Å². The summed E-state index contributed by atoms with van der Waals surface area (Å²) in [5.74, 6) is 1.24. The number of nitrogens with zero attached hydrogens (tertiary/aromatic N) is 1. The predicted octanol–water partition coefficient (Wildman–Crippen LogP) is 2.91. The Kier molecular flexibility index (Phi) is 6.74. The molecule has 0 aromatic heterocycles. The number of ether oxygens (including phenoxy) is 1. The molecular weight excluding hydrogens is 254 g/mol. The van der Waals surface area contributed by atoms with Gasteiger partial charge in [0.2, 0.25) is 6.73 Å². The molecule has 0 amide bonds. The molecule has 5 heteroatoms. The van der Waals surface area contributed by atoms with Crippen molar-refractivity contribution in [1.29, 1.82) is 0 Å². The largest absolute Gasteiger partial charge is 0.415 e. The number of esters is 1.